The molecule has 100 valence electrons. The Kier molecular flexibility index (Phi) is 2.83. The number of hydrogen-bond donors (Lipinski definition) is 0. The molecule has 2 aromatic carbocycles. The molecule has 1 aliphatic heterocycles. The van der Waals surface area contributed by atoms with Crippen molar-refractivity contribution < 1.29 is 14.0 Å². The highest BCUT2D eigenvalue weighted by Crippen LogP contribution is 2.33. The molecule has 0 atom stereocenters. The lowest BCUT2D eigenvalue weighted by atomic mass is 10.1. The molecule has 0 spiro atoms. The molecule has 0 bridgehead atoms. The first kappa shape index (κ1) is 12.8. The summed E-state index contributed by atoms with van der Waals surface area (Å²) in [6, 6.07) is 8.92. The van der Waals surface area contributed by atoms with Gasteiger partial charge in [-0.05, 0) is 36.8 Å². The standard InChI is InChI=1S/C15H9ClFNO2/c1-8-6-12(17)13(7-11(8)16)18-14(19)9-4-2-3-5-10(9)15(18)20/h2-7H,1H3. The van der Waals surface area contributed by atoms with Crippen LogP contribution in [0.2, 0.25) is 5.02 Å². The fourth-order valence-electron chi connectivity index (χ4n) is 2.22. The number of anilines is 1. The molecular formula is C15H9ClFNO2. The summed E-state index contributed by atoms with van der Waals surface area (Å²) < 4.78 is 14.0. The second-order valence-corrected chi connectivity index (χ2v) is 4.95. The fourth-order valence-corrected chi connectivity index (χ4v) is 2.37. The summed E-state index contributed by atoms with van der Waals surface area (Å²) in [5.41, 5.74) is 0.971. The van der Waals surface area contributed by atoms with E-state index in [0.29, 0.717) is 10.6 Å². The summed E-state index contributed by atoms with van der Waals surface area (Å²) in [6.07, 6.45) is 0. The SMILES string of the molecule is Cc1cc(F)c(N2C(=O)c3ccccc3C2=O)cc1Cl. The van der Waals surface area contributed by atoms with Crippen molar-refractivity contribution in [1.82, 2.24) is 0 Å². The van der Waals surface area contributed by atoms with Crippen LogP contribution in [0.3, 0.4) is 0 Å². The van der Waals surface area contributed by atoms with Crippen molar-refractivity contribution >= 4 is 29.1 Å². The first-order chi connectivity index (χ1) is 9.50. The molecule has 0 saturated heterocycles. The Labute approximate surface area is 119 Å². The van der Waals surface area contributed by atoms with Crippen LogP contribution in [0.4, 0.5) is 10.1 Å². The number of aryl methyl sites for hydroxylation is 1. The maximum Gasteiger partial charge on any atom is 0.266 e. The van der Waals surface area contributed by atoms with Gasteiger partial charge in [-0.1, -0.05) is 23.7 Å². The van der Waals surface area contributed by atoms with Crippen LogP contribution in [0.1, 0.15) is 26.3 Å². The van der Waals surface area contributed by atoms with E-state index in [1.54, 1.807) is 31.2 Å². The van der Waals surface area contributed by atoms with Crippen LogP contribution in [0.5, 0.6) is 0 Å². The molecule has 20 heavy (non-hydrogen) atoms. The fraction of sp³-hybridized carbons (Fsp3) is 0.0667. The van der Waals surface area contributed by atoms with E-state index in [1.165, 1.54) is 12.1 Å². The first-order valence-electron chi connectivity index (χ1n) is 5.94. The Morgan fingerprint density at radius 3 is 2.15 bits per heavy atom. The summed E-state index contributed by atoms with van der Waals surface area (Å²) in [5, 5.41) is 0.304. The lowest BCUT2D eigenvalue weighted by molar-refractivity contribution is 0.0925. The van der Waals surface area contributed by atoms with E-state index < -0.39 is 17.6 Å². The Hall–Kier alpha value is -2.20. The van der Waals surface area contributed by atoms with Crippen molar-refractivity contribution in [3.63, 3.8) is 0 Å². The van der Waals surface area contributed by atoms with E-state index in [9.17, 15) is 14.0 Å². The van der Waals surface area contributed by atoms with Gasteiger partial charge in [-0.25, -0.2) is 9.29 Å². The molecule has 0 aliphatic carbocycles. The molecular weight excluding hydrogens is 281 g/mol. The zero-order valence-corrected chi connectivity index (χ0v) is 11.2. The van der Waals surface area contributed by atoms with E-state index >= 15 is 0 Å². The van der Waals surface area contributed by atoms with Crippen LogP contribution in [0, 0.1) is 12.7 Å². The van der Waals surface area contributed by atoms with Gasteiger partial charge in [-0.15, -0.1) is 0 Å². The van der Waals surface area contributed by atoms with E-state index in [0.717, 1.165) is 4.90 Å². The minimum Gasteiger partial charge on any atom is -0.268 e. The van der Waals surface area contributed by atoms with Gasteiger partial charge < -0.3 is 0 Å². The van der Waals surface area contributed by atoms with Gasteiger partial charge in [0.2, 0.25) is 0 Å². The highest BCUT2D eigenvalue weighted by molar-refractivity contribution is 6.35. The molecule has 1 heterocycles. The van der Waals surface area contributed by atoms with Crippen LogP contribution < -0.4 is 4.90 Å². The minimum atomic E-state index is -0.651. The van der Waals surface area contributed by atoms with E-state index in [-0.39, 0.29) is 16.8 Å². The highest BCUT2D eigenvalue weighted by Gasteiger charge is 2.37. The Morgan fingerprint density at radius 1 is 1.05 bits per heavy atom. The highest BCUT2D eigenvalue weighted by atomic mass is 35.5. The number of rotatable bonds is 1. The topological polar surface area (TPSA) is 37.4 Å². The van der Waals surface area contributed by atoms with E-state index in [4.69, 9.17) is 11.6 Å². The third-order valence-corrected chi connectivity index (χ3v) is 3.67. The van der Waals surface area contributed by atoms with Gasteiger partial charge in [-0.3, -0.25) is 9.59 Å². The molecule has 2 amide bonds. The summed E-state index contributed by atoms with van der Waals surface area (Å²) in [5.74, 6) is -1.73. The number of carbonyl (C=O) groups is 2. The molecule has 0 saturated carbocycles. The normalized spacial score (nSPS) is 13.8. The third-order valence-electron chi connectivity index (χ3n) is 3.26. The number of fused-ring (bicyclic) bond motifs is 1. The van der Waals surface area contributed by atoms with E-state index in [1.807, 2.05) is 0 Å². The maximum atomic E-state index is 14.0. The van der Waals surface area contributed by atoms with Crippen LogP contribution >= 0.6 is 11.6 Å². The van der Waals surface area contributed by atoms with Gasteiger partial charge in [0.25, 0.3) is 11.8 Å². The number of amides is 2. The number of carbonyl (C=O) groups excluding carboxylic acids is 2. The van der Waals surface area contributed by atoms with Gasteiger partial charge in [0.15, 0.2) is 0 Å². The number of halogens is 2. The number of nitrogens with zero attached hydrogens (tertiary/aromatic N) is 1. The Morgan fingerprint density at radius 2 is 1.60 bits per heavy atom. The van der Waals surface area contributed by atoms with Crippen molar-refractivity contribution in [2.24, 2.45) is 0 Å². The number of imide groups is 1. The average molecular weight is 290 g/mol. The van der Waals surface area contributed by atoms with Gasteiger partial charge in [0.05, 0.1) is 16.8 Å². The molecule has 3 nitrogen and oxygen atoms in total. The summed E-state index contributed by atoms with van der Waals surface area (Å²) >= 11 is 5.96. The van der Waals surface area contributed by atoms with Crippen LogP contribution in [-0.2, 0) is 0 Å². The third kappa shape index (κ3) is 1.72. The second-order valence-electron chi connectivity index (χ2n) is 4.54. The van der Waals surface area contributed by atoms with Gasteiger partial charge >= 0.3 is 0 Å². The van der Waals surface area contributed by atoms with Crippen molar-refractivity contribution in [3.8, 4) is 0 Å². The average Bonchev–Trinajstić information content (AvgIpc) is 2.68. The maximum absolute atomic E-state index is 14.0. The Bertz CT molecular complexity index is 723. The lowest BCUT2D eigenvalue weighted by Gasteiger charge is -2.15. The molecule has 0 unspecified atom stereocenters. The number of hydrogen-bond acceptors (Lipinski definition) is 2. The summed E-state index contributed by atoms with van der Waals surface area (Å²) in [4.78, 5) is 25.3. The molecule has 1 aliphatic rings. The van der Waals surface area contributed by atoms with Crippen molar-refractivity contribution in [2.75, 3.05) is 4.90 Å². The molecule has 0 fully saturated rings. The molecule has 3 rings (SSSR count). The zero-order valence-electron chi connectivity index (χ0n) is 10.5. The molecule has 0 radical (unpaired) electrons. The zero-order chi connectivity index (χ0) is 14.4. The number of benzene rings is 2. The minimum absolute atomic E-state index is 0.119. The van der Waals surface area contributed by atoms with Gasteiger partial charge in [0.1, 0.15) is 5.82 Å². The largest absolute Gasteiger partial charge is 0.268 e. The van der Waals surface area contributed by atoms with Crippen LogP contribution in [0.15, 0.2) is 36.4 Å². The van der Waals surface area contributed by atoms with Crippen molar-refractivity contribution in [1.29, 1.82) is 0 Å². The summed E-state index contributed by atoms with van der Waals surface area (Å²) in [7, 11) is 0. The molecule has 2 aromatic rings. The van der Waals surface area contributed by atoms with Gasteiger partial charge in [0, 0.05) is 5.02 Å². The van der Waals surface area contributed by atoms with E-state index in [2.05, 4.69) is 0 Å². The van der Waals surface area contributed by atoms with Crippen LogP contribution in [-0.4, -0.2) is 11.8 Å². The van der Waals surface area contributed by atoms with Gasteiger partial charge in [-0.2, -0.15) is 0 Å². The molecule has 5 heteroatoms. The predicted octanol–water partition coefficient (Wildman–Crippen LogP) is 3.59. The van der Waals surface area contributed by atoms with Crippen LogP contribution in [0.25, 0.3) is 0 Å². The predicted molar refractivity (Wildman–Crippen MR) is 73.7 cm³/mol. The van der Waals surface area contributed by atoms with Crippen molar-refractivity contribution in [3.05, 3.63) is 63.9 Å². The monoisotopic (exact) mass is 289 g/mol. The molecule has 0 aromatic heterocycles. The lowest BCUT2D eigenvalue weighted by Crippen LogP contribution is -2.30. The summed E-state index contributed by atoms with van der Waals surface area (Å²) in [6.45, 7) is 1.65. The Balaban J connectivity index is 2.17. The quantitative estimate of drug-likeness (QED) is 0.752. The first-order valence-corrected chi connectivity index (χ1v) is 6.32. The molecule has 0 N–H and O–H groups in total. The second kappa shape index (κ2) is 4.42. The van der Waals surface area contributed by atoms with Crippen molar-refractivity contribution in [2.45, 2.75) is 6.92 Å². The smallest absolute Gasteiger partial charge is 0.266 e.